The number of carbonyl (C=O) groups excluding carboxylic acids is 1. The summed E-state index contributed by atoms with van der Waals surface area (Å²) < 4.78 is 4.94. The van der Waals surface area contributed by atoms with Gasteiger partial charge in [0.1, 0.15) is 0 Å². The molecule has 1 unspecified atom stereocenters. The van der Waals surface area contributed by atoms with Crippen molar-refractivity contribution in [2.45, 2.75) is 19.3 Å². The van der Waals surface area contributed by atoms with Crippen molar-refractivity contribution in [2.75, 3.05) is 7.11 Å². The Labute approximate surface area is 84.6 Å². The van der Waals surface area contributed by atoms with Crippen LogP contribution in [-0.4, -0.2) is 13.1 Å². The predicted octanol–water partition coefficient (Wildman–Crippen LogP) is 2.32. The van der Waals surface area contributed by atoms with Crippen LogP contribution in [0.4, 0.5) is 0 Å². The van der Waals surface area contributed by atoms with E-state index < -0.39 is 0 Å². The monoisotopic (exact) mass is 192 g/mol. The fourth-order valence-corrected chi connectivity index (χ4v) is 3.07. The van der Waals surface area contributed by atoms with Crippen LogP contribution in [0.2, 0.25) is 0 Å². The van der Waals surface area contributed by atoms with Gasteiger partial charge in [0.05, 0.1) is 12.5 Å². The first-order chi connectivity index (χ1) is 6.75. The zero-order valence-electron chi connectivity index (χ0n) is 8.53. The zero-order chi connectivity index (χ0) is 10.2. The van der Waals surface area contributed by atoms with Gasteiger partial charge in [0.2, 0.25) is 0 Å². The van der Waals surface area contributed by atoms with Gasteiger partial charge in [-0.2, -0.15) is 0 Å². The summed E-state index contributed by atoms with van der Waals surface area (Å²) in [5, 5.41) is 0. The lowest BCUT2D eigenvalue weighted by molar-refractivity contribution is -0.155. The molecule has 2 nitrogen and oxygen atoms in total. The summed E-state index contributed by atoms with van der Waals surface area (Å²) in [7, 11) is 1.48. The predicted molar refractivity (Wildman–Crippen MR) is 54.6 cm³/mol. The molecule has 2 aliphatic rings. The Kier molecular flexibility index (Phi) is 2.22. The first-order valence-corrected chi connectivity index (χ1v) is 5.13. The van der Waals surface area contributed by atoms with Crippen LogP contribution in [0.25, 0.3) is 0 Å². The third kappa shape index (κ3) is 0.999. The van der Waals surface area contributed by atoms with E-state index >= 15 is 0 Å². The Morgan fingerprint density at radius 2 is 2.14 bits per heavy atom. The maximum absolute atomic E-state index is 11.9. The maximum Gasteiger partial charge on any atom is 0.313 e. The molecule has 0 radical (unpaired) electrons. The van der Waals surface area contributed by atoms with Crippen molar-refractivity contribution in [3.63, 3.8) is 0 Å². The summed E-state index contributed by atoms with van der Waals surface area (Å²) in [5.41, 5.74) is -0.309. The second-order valence-electron chi connectivity index (χ2n) is 4.20. The number of rotatable bonds is 3. The molecule has 0 amide bonds. The number of carbonyl (C=O) groups is 1. The number of hydrogen-bond acceptors (Lipinski definition) is 2. The van der Waals surface area contributed by atoms with Gasteiger partial charge in [-0.15, -0.1) is 6.58 Å². The van der Waals surface area contributed by atoms with Crippen molar-refractivity contribution in [2.24, 2.45) is 17.3 Å². The van der Waals surface area contributed by atoms with Crippen LogP contribution in [0.15, 0.2) is 24.8 Å². The summed E-state index contributed by atoms with van der Waals surface area (Å²) in [6, 6.07) is 0. The number of allylic oxidation sites excluding steroid dienone is 3. The third-order valence-electron chi connectivity index (χ3n) is 3.74. The molecule has 0 aromatic rings. The Hall–Kier alpha value is -1.05. The zero-order valence-corrected chi connectivity index (χ0v) is 8.53. The summed E-state index contributed by atoms with van der Waals surface area (Å²) in [5.74, 6) is 0.686. The Bertz CT molecular complexity index is 277. The highest BCUT2D eigenvalue weighted by molar-refractivity contribution is 5.80. The standard InChI is InChI=1S/C12H16O2/c1-3-8-12(11(13)14-2)9-4-5-10(12)7-6-9/h3-5,9-10H,1,6-8H2,2H3/t9-,10+,12?. The smallest absolute Gasteiger partial charge is 0.313 e. The molecule has 0 heterocycles. The van der Waals surface area contributed by atoms with E-state index in [1.165, 1.54) is 7.11 Å². The summed E-state index contributed by atoms with van der Waals surface area (Å²) >= 11 is 0. The SMILES string of the molecule is C=CCC1(C(=O)OC)[C@@H]2C=C[C@H]1CC2. The first-order valence-electron chi connectivity index (χ1n) is 5.13. The van der Waals surface area contributed by atoms with E-state index in [1.54, 1.807) is 0 Å². The lowest BCUT2D eigenvalue weighted by Gasteiger charge is -2.30. The molecule has 1 fully saturated rings. The van der Waals surface area contributed by atoms with Gasteiger partial charge in [0.15, 0.2) is 0 Å². The van der Waals surface area contributed by atoms with Crippen LogP contribution in [-0.2, 0) is 9.53 Å². The summed E-state index contributed by atoms with van der Waals surface area (Å²) in [4.78, 5) is 11.9. The van der Waals surface area contributed by atoms with Gasteiger partial charge < -0.3 is 4.74 Å². The maximum atomic E-state index is 11.9. The molecule has 2 aliphatic carbocycles. The Morgan fingerprint density at radius 1 is 1.57 bits per heavy atom. The Balaban J connectivity index is 2.33. The van der Waals surface area contributed by atoms with Crippen LogP contribution in [0.5, 0.6) is 0 Å². The number of esters is 1. The van der Waals surface area contributed by atoms with Crippen molar-refractivity contribution in [3.8, 4) is 0 Å². The fraction of sp³-hybridized carbons (Fsp3) is 0.583. The van der Waals surface area contributed by atoms with E-state index in [-0.39, 0.29) is 11.4 Å². The van der Waals surface area contributed by atoms with Crippen LogP contribution in [0.1, 0.15) is 19.3 Å². The molecular formula is C12H16O2. The number of methoxy groups -OCH3 is 1. The summed E-state index contributed by atoms with van der Waals surface area (Å²) in [6.07, 6.45) is 9.16. The van der Waals surface area contributed by atoms with E-state index in [9.17, 15) is 4.79 Å². The molecule has 2 bridgehead atoms. The number of fused-ring (bicyclic) bond motifs is 2. The van der Waals surface area contributed by atoms with E-state index in [0.29, 0.717) is 11.8 Å². The largest absolute Gasteiger partial charge is 0.469 e. The normalized spacial score (nSPS) is 38.6. The molecule has 1 saturated carbocycles. The van der Waals surface area contributed by atoms with Gasteiger partial charge in [-0.3, -0.25) is 4.79 Å². The van der Waals surface area contributed by atoms with Gasteiger partial charge in [-0.1, -0.05) is 18.2 Å². The molecule has 0 aromatic carbocycles. The van der Waals surface area contributed by atoms with Gasteiger partial charge in [-0.25, -0.2) is 0 Å². The van der Waals surface area contributed by atoms with Crippen molar-refractivity contribution in [3.05, 3.63) is 24.8 Å². The third-order valence-corrected chi connectivity index (χ3v) is 3.74. The minimum absolute atomic E-state index is 0.0603. The minimum atomic E-state index is -0.309. The molecule has 0 aromatic heterocycles. The average Bonchev–Trinajstić information content (AvgIpc) is 2.74. The van der Waals surface area contributed by atoms with E-state index in [1.807, 2.05) is 6.08 Å². The number of hydrogen-bond donors (Lipinski definition) is 0. The molecule has 3 atom stereocenters. The van der Waals surface area contributed by atoms with Gasteiger partial charge >= 0.3 is 5.97 Å². The molecular weight excluding hydrogens is 176 g/mol. The van der Waals surface area contributed by atoms with E-state index in [4.69, 9.17) is 4.74 Å². The minimum Gasteiger partial charge on any atom is -0.469 e. The Morgan fingerprint density at radius 3 is 2.50 bits per heavy atom. The molecule has 2 rings (SSSR count). The van der Waals surface area contributed by atoms with Crippen molar-refractivity contribution < 1.29 is 9.53 Å². The highest BCUT2D eigenvalue weighted by Gasteiger charge is 2.56. The molecule has 0 N–H and O–H groups in total. The second-order valence-corrected chi connectivity index (χ2v) is 4.20. The highest BCUT2D eigenvalue weighted by atomic mass is 16.5. The van der Waals surface area contributed by atoms with E-state index in [2.05, 4.69) is 18.7 Å². The topological polar surface area (TPSA) is 26.3 Å². The number of ether oxygens (including phenoxy) is 1. The molecule has 76 valence electrons. The van der Waals surface area contributed by atoms with Crippen molar-refractivity contribution in [1.29, 1.82) is 0 Å². The van der Waals surface area contributed by atoms with Crippen LogP contribution in [0.3, 0.4) is 0 Å². The molecule has 14 heavy (non-hydrogen) atoms. The molecule has 0 saturated heterocycles. The van der Waals surface area contributed by atoms with Crippen molar-refractivity contribution in [1.82, 2.24) is 0 Å². The van der Waals surface area contributed by atoms with Gasteiger partial charge in [0.25, 0.3) is 0 Å². The van der Waals surface area contributed by atoms with E-state index in [0.717, 1.165) is 19.3 Å². The van der Waals surface area contributed by atoms with Gasteiger partial charge in [0, 0.05) is 0 Å². The van der Waals surface area contributed by atoms with Crippen LogP contribution < -0.4 is 0 Å². The van der Waals surface area contributed by atoms with Gasteiger partial charge in [-0.05, 0) is 31.1 Å². The lowest BCUT2D eigenvalue weighted by atomic mass is 9.74. The molecule has 0 aliphatic heterocycles. The average molecular weight is 192 g/mol. The van der Waals surface area contributed by atoms with Crippen LogP contribution >= 0.6 is 0 Å². The quantitative estimate of drug-likeness (QED) is 0.506. The molecule has 2 heteroatoms. The van der Waals surface area contributed by atoms with Crippen LogP contribution in [0, 0.1) is 17.3 Å². The van der Waals surface area contributed by atoms with Crippen molar-refractivity contribution >= 4 is 5.97 Å². The molecule has 0 spiro atoms. The second kappa shape index (κ2) is 3.26. The highest BCUT2D eigenvalue weighted by Crippen LogP contribution is 2.56. The first kappa shape index (κ1) is 9.50. The summed E-state index contributed by atoms with van der Waals surface area (Å²) in [6.45, 7) is 3.75. The lowest BCUT2D eigenvalue weighted by Crippen LogP contribution is -2.37. The fourth-order valence-electron chi connectivity index (χ4n) is 3.07.